The molecule has 0 aromatic heterocycles. The molecular weight excluding hydrogens is 312 g/mol. The van der Waals surface area contributed by atoms with Gasteiger partial charge in [-0.05, 0) is 42.9 Å². The minimum Gasteiger partial charge on any atom is -0.493 e. The van der Waals surface area contributed by atoms with Gasteiger partial charge in [-0.25, -0.2) is 0 Å². The maximum absolute atomic E-state index is 11.1. The summed E-state index contributed by atoms with van der Waals surface area (Å²) in [4.78, 5) is 15.3. The monoisotopic (exact) mass is 338 g/mol. The van der Waals surface area contributed by atoms with Crippen molar-refractivity contribution in [3.63, 3.8) is 0 Å². The SMILES string of the molecule is C#CN(/C=C\C)CCC1CC(c2ccc3c(c2)CCO3)CN1CC=O. The van der Waals surface area contributed by atoms with Gasteiger partial charge in [-0.15, -0.1) is 0 Å². The van der Waals surface area contributed by atoms with Crippen LogP contribution in [-0.2, 0) is 11.2 Å². The van der Waals surface area contributed by atoms with Crippen molar-refractivity contribution in [1.29, 1.82) is 0 Å². The fourth-order valence-corrected chi connectivity index (χ4v) is 3.96. The number of benzene rings is 1. The molecule has 1 aromatic rings. The average Bonchev–Trinajstić information content (AvgIpc) is 3.25. The molecule has 2 aliphatic heterocycles. The fraction of sp³-hybridized carbons (Fsp3) is 0.476. The summed E-state index contributed by atoms with van der Waals surface area (Å²) >= 11 is 0. The zero-order chi connectivity index (χ0) is 17.6. The average molecular weight is 338 g/mol. The Morgan fingerprint density at radius 2 is 2.36 bits per heavy atom. The Kier molecular flexibility index (Phi) is 5.78. The van der Waals surface area contributed by atoms with Gasteiger partial charge in [0.05, 0.1) is 13.2 Å². The van der Waals surface area contributed by atoms with E-state index in [9.17, 15) is 4.79 Å². The lowest BCUT2D eigenvalue weighted by atomic mass is 9.93. The predicted molar refractivity (Wildman–Crippen MR) is 99.4 cm³/mol. The van der Waals surface area contributed by atoms with Gasteiger partial charge in [0.25, 0.3) is 0 Å². The van der Waals surface area contributed by atoms with Crippen molar-refractivity contribution in [2.24, 2.45) is 0 Å². The van der Waals surface area contributed by atoms with Gasteiger partial charge >= 0.3 is 0 Å². The van der Waals surface area contributed by atoms with E-state index in [1.54, 1.807) is 0 Å². The van der Waals surface area contributed by atoms with Crippen LogP contribution in [0.15, 0.2) is 30.5 Å². The normalized spacial score (nSPS) is 22.6. The standard InChI is InChI=1S/C21H26N2O2/c1-3-9-22(4-2)10-7-20-15-19(16-23(20)11-12-24)17-5-6-21-18(14-17)8-13-25-21/h2-3,5-6,9,12,14,19-20H,7-8,10-11,13,15-16H2,1H3/b9-3-. The maximum Gasteiger partial charge on any atom is 0.133 e. The van der Waals surface area contributed by atoms with Crippen LogP contribution in [0.4, 0.5) is 0 Å². The van der Waals surface area contributed by atoms with E-state index in [1.165, 1.54) is 11.1 Å². The summed E-state index contributed by atoms with van der Waals surface area (Å²) in [5.41, 5.74) is 2.68. The van der Waals surface area contributed by atoms with Crippen molar-refractivity contribution in [2.75, 3.05) is 26.2 Å². The van der Waals surface area contributed by atoms with Gasteiger partial charge in [0.1, 0.15) is 12.0 Å². The van der Waals surface area contributed by atoms with Crippen LogP contribution in [0.1, 0.15) is 36.8 Å². The molecule has 4 nitrogen and oxygen atoms in total. The van der Waals surface area contributed by atoms with Crippen molar-refractivity contribution >= 4 is 6.29 Å². The molecule has 0 bridgehead atoms. The smallest absolute Gasteiger partial charge is 0.133 e. The Bertz CT molecular complexity index is 677. The lowest BCUT2D eigenvalue weighted by Gasteiger charge is -2.23. The molecular formula is C21H26N2O2. The first kappa shape index (κ1) is 17.6. The Morgan fingerprint density at radius 1 is 1.48 bits per heavy atom. The van der Waals surface area contributed by atoms with Crippen molar-refractivity contribution in [2.45, 2.75) is 38.1 Å². The van der Waals surface area contributed by atoms with E-state index in [2.05, 4.69) is 29.1 Å². The third kappa shape index (κ3) is 4.05. The number of allylic oxidation sites excluding steroid dienone is 1. The highest BCUT2D eigenvalue weighted by atomic mass is 16.5. The minimum atomic E-state index is 0.390. The number of carbonyl (C=O) groups excluding carboxylic acids is 1. The summed E-state index contributed by atoms with van der Waals surface area (Å²) in [5.74, 6) is 1.50. The Balaban J connectivity index is 1.67. The van der Waals surface area contributed by atoms with E-state index in [0.29, 0.717) is 18.5 Å². The Labute approximate surface area is 150 Å². The molecule has 2 aliphatic rings. The zero-order valence-electron chi connectivity index (χ0n) is 14.9. The van der Waals surface area contributed by atoms with Crippen LogP contribution in [0.2, 0.25) is 0 Å². The van der Waals surface area contributed by atoms with Crippen LogP contribution in [0.25, 0.3) is 0 Å². The fourth-order valence-electron chi connectivity index (χ4n) is 3.96. The quantitative estimate of drug-likeness (QED) is 0.435. The van der Waals surface area contributed by atoms with Gasteiger partial charge in [0, 0.05) is 37.8 Å². The number of carbonyl (C=O) groups is 1. The maximum atomic E-state index is 11.1. The molecule has 2 atom stereocenters. The largest absolute Gasteiger partial charge is 0.493 e. The highest BCUT2D eigenvalue weighted by molar-refractivity contribution is 5.52. The van der Waals surface area contributed by atoms with E-state index in [-0.39, 0.29) is 0 Å². The molecule has 4 heteroatoms. The van der Waals surface area contributed by atoms with Gasteiger partial charge in [-0.1, -0.05) is 24.6 Å². The zero-order valence-corrected chi connectivity index (χ0v) is 14.9. The molecule has 2 unspecified atom stereocenters. The van der Waals surface area contributed by atoms with Crippen molar-refractivity contribution in [3.8, 4) is 18.2 Å². The molecule has 1 saturated heterocycles. The van der Waals surface area contributed by atoms with Crippen LogP contribution in [-0.4, -0.2) is 48.4 Å². The molecule has 0 N–H and O–H groups in total. The predicted octanol–water partition coefficient (Wildman–Crippen LogP) is 2.79. The number of hydrogen-bond donors (Lipinski definition) is 0. The molecule has 0 saturated carbocycles. The molecule has 0 amide bonds. The highest BCUT2D eigenvalue weighted by Crippen LogP contribution is 2.36. The minimum absolute atomic E-state index is 0.390. The third-order valence-electron chi connectivity index (χ3n) is 5.22. The number of hydrogen-bond acceptors (Lipinski definition) is 4. The number of ether oxygens (including phenoxy) is 1. The molecule has 1 fully saturated rings. The second-order valence-electron chi connectivity index (χ2n) is 6.77. The Hall–Kier alpha value is -2.25. The van der Waals surface area contributed by atoms with Crippen molar-refractivity contribution in [3.05, 3.63) is 41.6 Å². The van der Waals surface area contributed by atoms with E-state index in [0.717, 1.165) is 51.0 Å². The van der Waals surface area contributed by atoms with Gasteiger partial charge in [-0.3, -0.25) is 4.90 Å². The number of fused-ring (bicyclic) bond motifs is 1. The summed E-state index contributed by atoms with van der Waals surface area (Å²) in [6.45, 7) is 4.99. The first-order valence-electron chi connectivity index (χ1n) is 9.04. The molecule has 132 valence electrons. The first-order valence-corrected chi connectivity index (χ1v) is 9.04. The van der Waals surface area contributed by atoms with Gasteiger partial charge < -0.3 is 14.4 Å². The first-order chi connectivity index (χ1) is 12.2. The third-order valence-corrected chi connectivity index (χ3v) is 5.22. The van der Waals surface area contributed by atoms with Crippen LogP contribution in [0.5, 0.6) is 5.75 Å². The second-order valence-corrected chi connectivity index (χ2v) is 6.77. The summed E-state index contributed by atoms with van der Waals surface area (Å²) in [6, 6.07) is 9.66. The van der Waals surface area contributed by atoms with Gasteiger partial charge in [0.15, 0.2) is 0 Å². The molecule has 25 heavy (non-hydrogen) atoms. The number of nitrogens with zero attached hydrogens (tertiary/aromatic N) is 2. The summed E-state index contributed by atoms with van der Waals surface area (Å²) in [5, 5.41) is 0. The molecule has 3 rings (SSSR count). The van der Waals surface area contributed by atoms with Crippen molar-refractivity contribution < 1.29 is 9.53 Å². The molecule has 1 aromatic carbocycles. The van der Waals surface area contributed by atoms with Crippen molar-refractivity contribution in [1.82, 2.24) is 9.80 Å². The lowest BCUT2D eigenvalue weighted by Crippen LogP contribution is -2.33. The van der Waals surface area contributed by atoms with E-state index >= 15 is 0 Å². The van der Waals surface area contributed by atoms with E-state index < -0.39 is 0 Å². The molecule has 0 spiro atoms. The number of likely N-dealkylation sites (tertiary alicyclic amines) is 1. The highest BCUT2D eigenvalue weighted by Gasteiger charge is 2.33. The summed E-state index contributed by atoms with van der Waals surface area (Å²) < 4.78 is 5.61. The Morgan fingerprint density at radius 3 is 3.12 bits per heavy atom. The number of aldehydes is 1. The molecule has 0 radical (unpaired) electrons. The summed E-state index contributed by atoms with van der Waals surface area (Å²) in [7, 11) is 0. The van der Waals surface area contributed by atoms with Crippen LogP contribution in [0, 0.1) is 12.5 Å². The lowest BCUT2D eigenvalue weighted by molar-refractivity contribution is -0.109. The van der Waals surface area contributed by atoms with Gasteiger partial charge in [0.2, 0.25) is 0 Å². The molecule has 0 aliphatic carbocycles. The van der Waals surface area contributed by atoms with Crippen LogP contribution >= 0.6 is 0 Å². The number of rotatable bonds is 7. The number of terminal acetylenes is 1. The topological polar surface area (TPSA) is 32.8 Å². The summed E-state index contributed by atoms with van der Waals surface area (Å²) in [6.07, 6.45) is 13.5. The van der Waals surface area contributed by atoms with Crippen LogP contribution in [0.3, 0.4) is 0 Å². The van der Waals surface area contributed by atoms with E-state index in [4.69, 9.17) is 11.2 Å². The molecule has 2 heterocycles. The van der Waals surface area contributed by atoms with E-state index in [1.807, 2.05) is 24.1 Å². The van der Waals surface area contributed by atoms with Gasteiger partial charge in [-0.2, -0.15) is 0 Å². The second kappa shape index (κ2) is 8.22. The van der Waals surface area contributed by atoms with Crippen LogP contribution < -0.4 is 4.74 Å².